The van der Waals surface area contributed by atoms with Gasteiger partial charge in [0.05, 0.1) is 0 Å². The number of nitrogens with zero attached hydrogens (tertiary/aromatic N) is 3. The minimum atomic E-state index is -0.0320. The summed E-state index contributed by atoms with van der Waals surface area (Å²) in [5.41, 5.74) is 1.62. The Balaban J connectivity index is 1.76. The van der Waals surface area contributed by atoms with E-state index in [1.165, 1.54) is 5.57 Å². The average Bonchev–Trinajstić information content (AvgIpc) is 2.83. The van der Waals surface area contributed by atoms with Crippen molar-refractivity contribution in [1.29, 1.82) is 0 Å². The lowest BCUT2D eigenvalue weighted by Gasteiger charge is -2.32. The lowest BCUT2D eigenvalue weighted by atomic mass is 9.83. The van der Waals surface area contributed by atoms with Crippen molar-refractivity contribution in [1.82, 2.24) is 20.4 Å². The van der Waals surface area contributed by atoms with Crippen molar-refractivity contribution in [2.24, 2.45) is 5.41 Å². The molecule has 1 aliphatic rings. The van der Waals surface area contributed by atoms with Gasteiger partial charge in [0.1, 0.15) is 0 Å². The summed E-state index contributed by atoms with van der Waals surface area (Å²) < 4.78 is 5.01. The van der Waals surface area contributed by atoms with Crippen molar-refractivity contribution in [3.63, 3.8) is 0 Å². The number of aryl methyl sites for hydroxylation is 1. The van der Waals surface area contributed by atoms with E-state index < -0.39 is 0 Å². The van der Waals surface area contributed by atoms with Crippen LogP contribution < -0.4 is 5.32 Å². The maximum absolute atomic E-state index is 12.1. The van der Waals surface area contributed by atoms with Gasteiger partial charge in [-0.15, -0.1) is 0 Å². The van der Waals surface area contributed by atoms with Gasteiger partial charge < -0.3 is 14.7 Å². The Kier molecular flexibility index (Phi) is 4.65. The Morgan fingerprint density at radius 3 is 2.76 bits per heavy atom. The summed E-state index contributed by atoms with van der Waals surface area (Å²) in [4.78, 5) is 18.0. The van der Waals surface area contributed by atoms with E-state index in [0.29, 0.717) is 31.2 Å². The van der Waals surface area contributed by atoms with Crippen LogP contribution in [0.25, 0.3) is 0 Å². The standard InChI is InChI=1S/C15H24N4O2/c1-11-17-13(21-18-11)5-8-16-14(20)19-9-6-12(7-10-19)15(2,3)4/h6H,5,7-10H2,1-4H3,(H,16,20). The molecule has 2 amide bonds. The van der Waals surface area contributed by atoms with E-state index in [-0.39, 0.29) is 11.4 Å². The minimum Gasteiger partial charge on any atom is -0.339 e. The van der Waals surface area contributed by atoms with Gasteiger partial charge in [-0.1, -0.05) is 37.6 Å². The second-order valence-electron chi connectivity index (χ2n) is 6.39. The van der Waals surface area contributed by atoms with Crippen LogP contribution in [0.2, 0.25) is 0 Å². The second-order valence-corrected chi connectivity index (χ2v) is 6.39. The molecule has 1 aromatic heterocycles. The Morgan fingerprint density at radius 1 is 1.48 bits per heavy atom. The third kappa shape index (κ3) is 4.31. The number of carbonyl (C=O) groups excluding carboxylic acids is 1. The molecule has 6 heteroatoms. The van der Waals surface area contributed by atoms with E-state index >= 15 is 0 Å². The fraction of sp³-hybridized carbons (Fsp3) is 0.667. The molecule has 0 spiro atoms. The summed E-state index contributed by atoms with van der Waals surface area (Å²) in [6.07, 6.45) is 3.67. The van der Waals surface area contributed by atoms with Crippen LogP contribution >= 0.6 is 0 Å². The summed E-state index contributed by atoms with van der Waals surface area (Å²) >= 11 is 0. The molecule has 21 heavy (non-hydrogen) atoms. The van der Waals surface area contributed by atoms with Crippen LogP contribution in [-0.4, -0.2) is 40.7 Å². The molecule has 0 radical (unpaired) electrons. The first kappa shape index (κ1) is 15.5. The number of carbonyl (C=O) groups is 1. The maximum atomic E-state index is 12.1. The summed E-state index contributed by atoms with van der Waals surface area (Å²) in [6.45, 7) is 10.4. The first-order valence-electron chi connectivity index (χ1n) is 7.38. The molecule has 0 unspecified atom stereocenters. The van der Waals surface area contributed by atoms with Gasteiger partial charge in [-0.25, -0.2) is 4.79 Å². The quantitative estimate of drug-likeness (QED) is 0.868. The third-order valence-electron chi connectivity index (χ3n) is 3.64. The first-order chi connectivity index (χ1) is 9.86. The van der Waals surface area contributed by atoms with Crippen molar-refractivity contribution >= 4 is 6.03 Å². The summed E-state index contributed by atoms with van der Waals surface area (Å²) in [6, 6.07) is -0.0320. The second kappa shape index (κ2) is 6.28. The molecule has 116 valence electrons. The van der Waals surface area contributed by atoms with E-state index in [2.05, 4.69) is 42.3 Å². The van der Waals surface area contributed by atoms with Crippen LogP contribution in [0.15, 0.2) is 16.2 Å². The van der Waals surface area contributed by atoms with E-state index in [4.69, 9.17) is 4.52 Å². The lowest BCUT2D eigenvalue weighted by molar-refractivity contribution is 0.199. The predicted molar refractivity (Wildman–Crippen MR) is 79.9 cm³/mol. The Bertz CT molecular complexity index is 528. The molecule has 0 saturated carbocycles. The van der Waals surface area contributed by atoms with Crippen molar-refractivity contribution < 1.29 is 9.32 Å². The molecule has 0 aromatic carbocycles. The number of aromatic nitrogens is 2. The minimum absolute atomic E-state index is 0.0320. The van der Waals surface area contributed by atoms with Gasteiger partial charge in [-0.05, 0) is 18.8 Å². The Hall–Kier alpha value is -1.85. The van der Waals surface area contributed by atoms with Crippen LogP contribution in [-0.2, 0) is 6.42 Å². The largest absolute Gasteiger partial charge is 0.339 e. The molecular weight excluding hydrogens is 268 g/mol. The fourth-order valence-corrected chi connectivity index (χ4v) is 2.36. The number of urea groups is 1. The number of amides is 2. The van der Waals surface area contributed by atoms with Gasteiger partial charge in [-0.2, -0.15) is 4.98 Å². The van der Waals surface area contributed by atoms with Crippen molar-refractivity contribution in [3.8, 4) is 0 Å². The Morgan fingerprint density at radius 2 is 2.24 bits per heavy atom. The molecule has 6 nitrogen and oxygen atoms in total. The van der Waals surface area contributed by atoms with Crippen LogP contribution in [0.4, 0.5) is 4.79 Å². The number of hydrogen-bond donors (Lipinski definition) is 1. The summed E-state index contributed by atoms with van der Waals surface area (Å²) in [7, 11) is 0. The van der Waals surface area contributed by atoms with Crippen LogP contribution in [0.3, 0.4) is 0 Å². The van der Waals surface area contributed by atoms with Gasteiger partial charge in [0.25, 0.3) is 0 Å². The van der Waals surface area contributed by atoms with Crippen molar-refractivity contribution in [2.75, 3.05) is 19.6 Å². The lowest BCUT2D eigenvalue weighted by Crippen LogP contribution is -2.43. The van der Waals surface area contributed by atoms with Gasteiger partial charge in [0.2, 0.25) is 5.89 Å². The SMILES string of the molecule is Cc1noc(CCNC(=O)N2CC=C(C(C)(C)C)CC2)n1. The van der Waals surface area contributed by atoms with Crippen LogP contribution in [0.5, 0.6) is 0 Å². The number of nitrogens with one attached hydrogen (secondary N) is 1. The molecule has 1 aliphatic heterocycles. The first-order valence-corrected chi connectivity index (χ1v) is 7.38. The molecule has 0 bridgehead atoms. The fourth-order valence-electron chi connectivity index (χ4n) is 2.36. The molecule has 2 heterocycles. The number of rotatable bonds is 3. The van der Waals surface area contributed by atoms with E-state index in [1.807, 2.05) is 4.90 Å². The van der Waals surface area contributed by atoms with Crippen LogP contribution in [0.1, 0.15) is 38.9 Å². The zero-order chi connectivity index (χ0) is 15.5. The van der Waals surface area contributed by atoms with Gasteiger partial charge in [0, 0.05) is 26.1 Å². The molecule has 0 atom stereocenters. The van der Waals surface area contributed by atoms with E-state index in [1.54, 1.807) is 6.92 Å². The highest BCUT2D eigenvalue weighted by atomic mass is 16.5. The molecule has 2 rings (SSSR count). The molecular formula is C15H24N4O2. The number of hydrogen-bond acceptors (Lipinski definition) is 4. The predicted octanol–water partition coefficient (Wildman–Crippen LogP) is 2.31. The van der Waals surface area contributed by atoms with Crippen molar-refractivity contribution in [3.05, 3.63) is 23.4 Å². The van der Waals surface area contributed by atoms with Gasteiger partial charge in [-0.3, -0.25) is 0 Å². The summed E-state index contributed by atoms with van der Waals surface area (Å²) in [5, 5.41) is 6.61. The highest BCUT2D eigenvalue weighted by molar-refractivity contribution is 5.74. The maximum Gasteiger partial charge on any atom is 0.317 e. The normalized spacial score (nSPS) is 15.8. The van der Waals surface area contributed by atoms with Crippen LogP contribution in [0, 0.1) is 12.3 Å². The highest BCUT2D eigenvalue weighted by Crippen LogP contribution is 2.29. The zero-order valence-corrected chi connectivity index (χ0v) is 13.3. The zero-order valence-electron chi connectivity index (χ0n) is 13.3. The third-order valence-corrected chi connectivity index (χ3v) is 3.64. The molecule has 0 aliphatic carbocycles. The smallest absolute Gasteiger partial charge is 0.317 e. The highest BCUT2D eigenvalue weighted by Gasteiger charge is 2.23. The van der Waals surface area contributed by atoms with Gasteiger partial charge >= 0.3 is 6.03 Å². The topological polar surface area (TPSA) is 71.3 Å². The van der Waals surface area contributed by atoms with E-state index in [0.717, 1.165) is 13.0 Å². The summed E-state index contributed by atoms with van der Waals surface area (Å²) in [5.74, 6) is 1.17. The monoisotopic (exact) mass is 292 g/mol. The van der Waals surface area contributed by atoms with Gasteiger partial charge in [0.15, 0.2) is 5.82 Å². The van der Waals surface area contributed by atoms with E-state index in [9.17, 15) is 4.79 Å². The van der Waals surface area contributed by atoms with Crippen molar-refractivity contribution in [2.45, 2.75) is 40.5 Å². The average molecular weight is 292 g/mol. The molecule has 0 saturated heterocycles. The Labute approximate surface area is 125 Å². The molecule has 1 N–H and O–H groups in total. The molecule has 1 aromatic rings. The molecule has 0 fully saturated rings.